The van der Waals surface area contributed by atoms with Crippen molar-refractivity contribution in [1.82, 2.24) is 15.5 Å². The summed E-state index contributed by atoms with van der Waals surface area (Å²) >= 11 is 0. The van der Waals surface area contributed by atoms with Gasteiger partial charge < -0.3 is 10.6 Å². The van der Waals surface area contributed by atoms with Gasteiger partial charge in [-0.2, -0.15) is 0 Å². The molecule has 3 aromatic rings. The molecule has 0 spiro atoms. The number of likely N-dealkylation sites (N-methyl/N-ethyl adjacent to an activating group) is 1. The lowest BCUT2D eigenvalue weighted by molar-refractivity contribution is -0.122. The van der Waals surface area contributed by atoms with Crippen molar-refractivity contribution < 1.29 is 9.59 Å². The number of nitrogens with one attached hydrogen (secondary N) is 2. The lowest BCUT2D eigenvalue weighted by Gasteiger charge is -2.20. The van der Waals surface area contributed by atoms with Gasteiger partial charge in [0.05, 0.1) is 12.6 Å². The van der Waals surface area contributed by atoms with E-state index in [4.69, 9.17) is 0 Å². The second kappa shape index (κ2) is 9.34. The third kappa shape index (κ3) is 5.42. The van der Waals surface area contributed by atoms with E-state index >= 15 is 0 Å². The van der Waals surface area contributed by atoms with Crippen LogP contribution in [0.4, 0.5) is 0 Å². The van der Waals surface area contributed by atoms with Crippen LogP contribution in [-0.2, 0) is 11.3 Å². The molecule has 5 heteroatoms. The predicted molar refractivity (Wildman–Crippen MR) is 117 cm³/mol. The first-order valence-corrected chi connectivity index (χ1v) is 9.74. The van der Waals surface area contributed by atoms with E-state index in [-0.39, 0.29) is 17.9 Å². The van der Waals surface area contributed by atoms with Crippen LogP contribution in [0.15, 0.2) is 66.7 Å². The smallest absolute Gasteiger partial charge is 0.251 e. The Morgan fingerprint density at radius 1 is 0.966 bits per heavy atom. The van der Waals surface area contributed by atoms with Gasteiger partial charge >= 0.3 is 0 Å². The summed E-state index contributed by atoms with van der Waals surface area (Å²) < 4.78 is 0. The van der Waals surface area contributed by atoms with Gasteiger partial charge in [0.2, 0.25) is 5.91 Å². The van der Waals surface area contributed by atoms with Crippen molar-refractivity contribution in [3.05, 3.63) is 83.4 Å². The Kier molecular flexibility index (Phi) is 6.62. The molecule has 0 aliphatic rings. The van der Waals surface area contributed by atoms with Gasteiger partial charge in [-0.1, -0.05) is 48.5 Å². The molecule has 0 unspecified atom stereocenters. The zero-order chi connectivity index (χ0) is 20.8. The van der Waals surface area contributed by atoms with Gasteiger partial charge in [0.25, 0.3) is 5.91 Å². The average Bonchev–Trinajstić information content (AvgIpc) is 2.73. The van der Waals surface area contributed by atoms with Crippen molar-refractivity contribution in [2.45, 2.75) is 19.5 Å². The maximum Gasteiger partial charge on any atom is 0.251 e. The molecule has 0 radical (unpaired) electrons. The third-order valence-corrected chi connectivity index (χ3v) is 4.96. The minimum absolute atomic E-state index is 0.0184. The Morgan fingerprint density at radius 2 is 1.66 bits per heavy atom. The van der Waals surface area contributed by atoms with E-state index in [9.17, 15) is 9.59 Å². The van der Waals surface area contributed by atoms with Crippen LogP contribution in [0.5, 0.6) is 0 Å². The summed E-state index contributed by atoms with van der Waals surface area (Å²) in [6.07, 6.45) is 0. The number of fused-ring (bicyclic) bond motifs is 1. The monoisotopic (exact) mass is 389 g/mol. The van der Waals surface area contributed by atoms with Crippen LogP contribution in [0, 0.1) is 0 Å². The molecule has 2 N–H and O–H groups in total. The van der Waals surface area contributed by atoms with Crippen LogP contribution in [0.1, 0.15) is 34.5 Å². The van der Waals surface area contributed by atoms with Gasteiger partial charge in [0.15, 0.2) is 0 Å². The quantitative estimate of drug-likeness (QED) is 0.650. The lowest BCUT2D eigenvalue weighted by atomic mass is 10.0. The second-order valence-electron chi connectivity index (χ2n) is 7.34. The van der Waals surface area contributed by atoms with E-state index in [0.29, 0.717) is 18.7 Å². The SMILES string of the molecule is CNC(=O)c1ccc(CN(C)CC(=O)N[C@H](C)c2ccc3ccccc3c2)cc1. The highest BCUT2D eigenvalue weighted by molar-refractivity contribution is 5.93. The molecule has 150 valence electrons. The summed E-state index contributed by atoms with van der Waals surface area (Å²) in [5.41, 5.74) is 2.76. The van der Waals surface area contributed by atoms with Crippen molar-refractivity contribution >= 4 is 22.6 Å². The summed E-state index contributed by atoms with van der Waals surface area (Å²) in [6, 6.07) is 21.8. The lowest BCUT2D eigenvalue weighted by Crippen LogP contribution is -2.36. The van der Waals surface area contributed by atoms with Crippen molar-refractivity contribution in [2.75, 3.05) is 20.6 Å². The molecule has 0 aliphatic heterocycles. The molecule has 0 fully saturated rings. The third-order valence-electron chi connectivity index (χ3n) is 4.96. The van der Waals surface area contributed by atoms with Crippen LogP contribution in [0.2, 0.25) is 0 Å². The number of nitrogens with zero attached hydrogens (tertiary/aromatic N) is 1. The maximum atomic E-state index is 12.5. The predicted octanol–water partition coefficient (Wildman–Crippen LogP) is 3.51. The maximum absolute atomic E-state index is 12.5. The fraction of sp³-hybridized carbons (Fsp3) is 0.250. The Hall–Kier alpha value is -3.18. The Labute approximate surface area is 171 Å². The molecule has 0 heterocycles. The Balaban J connectivity index is 1.54. The number of hydrogen-bond donors (Lipinski definition) is 2. The fourth-order valence-electron chi connectivity index (χ4n) is 3.37. The number of benzene rings is 3. The van der Waals surface area contributed by atoms with E-state index in [1.54, 1.807) is 19.2 Å². The molecule has 5 nitrogen and oxygen atoms in total. The minimum atomic E-state index is -0.105. The number of rotatable bonds is 7. The summed E-state index contributed by atoms with van der Waals surface area (Å²) in [5.74, 6) is -0.123. The second-order valence-corrected chi connectivity index (χ2v) is 7.34. The van der Waals surface area contributed by atoms with Gasteiger partial charge in [-0.3, -0.25) is 14.5 Å². The number of amides is 2. The number of carbonyl (C=O) groups excluding carboxylic acids is 2. The van der Waals surface area contributed by atoms with Crippen molar-refractivity contribution in [1.29, 1.82) is 0 Å². The summed E-state index contributed by atoms with van der Waals surface area (Å²) in [5, 5.41) is 8.04. The standard InChI is InChI=1S/C24H27N3O2/c1-17(21-13-12-19-6-4-5-7-22(19)14-21)26-23(28)16-27(3)15-18-8-10-20(11-9-18)24(29)25-2/h4-14,17H,15-16H2,1-3H3,(H,25,29)(H,26,28)/t17-/m1/s1. The van der Waals surface area contributed by atoms with E-state index in [0.717, 1.165) is 11.1 Å². The van der Waals surface area contributed by atoms with Gasteiger partial charge in [-0.05, 0) is 54.1 Å². The highest BCUT2D eigenvalue weighted by atomic mass is 16.2. The van der Waals surface area contributed by atoms with Crippen LogP contribution in [0.3, 0.4) is 0 Å². The van der Waals surface area contributed by atoms with Gasteiger partial charge in [0, 0.05) is 19.2 Å². The molecule has 3 aromatic carbocycles. The summed E-state index contributed by atoms with van der Waals surface area (Å²) in [6.45, 7) is 2.93. The molecule has 29 heavy (non-hydrogen) atoms. The first-order valence-electron chi connectivity index (χ1n) is 9.74. The average molecular weight is 389 g/mol. The first kappa shape index (κ1) is 20.6. The molecule has 0 saturated carbocycles. The Bertz CT molecular complexity index is 998. The van der Waals surface area contributed by atoms with E-state index < -0.39 is 0 Å². The topological polar surface area (TPSA) is 61.4 Å². The van der Waals surface area contributed by atoms with Gasteiger partial charge in [-0.15, -0.1) is 0 Å². The van der Waals surface area contributed by atoms with E-state index in [2.05, 4.69) is 41.0 Å². The molecule has 3 rings (SSSR count). The van der Waals surface area contributed by atoms with Crippen LogP contribution >= 0.6 is 0 Å². The molecule has 1 atom stereocenters. The van der Waals surface area contributed by atoms with Crippen molar-refractivity contribution in [2.24, 2.45) is 0 Å². The van der Waals surface area contributed by atoms with Crippen LogP contribution < -0.4 is 10.6 Å². The van der Waals surface area contributed by atoms with Gasteiger partial charge in [0.1, 0.15) is 0 Å². The normalized spacial score (nSPS) is 12.0. The molecule has 0 aromatic heterocycles. The van der Waals surface area contributed by atoms with Crippen LogP contribution in [-0.4, -0.2) is 37.4 Å². The summed E-state index contributed by atoms with van der Waals surface area (Å²) in [7, 11) is 3.52. The number of hydrogen-bond acceptors (Lipinski definition) is 3. The zero-order valence-electron chi connectivity index (χ0n) is 17.1. The van der Waals surface area contributed by atoms with E-state index in [1.165, 1.54) is 10.8 Å². The number of carbonyl (C=O) groups is 2. The first-order chi connectivity index (χ1) is 14.0. The van der Waals surface area contributed by atoms with E-state index in [1.807, 2.05) is 43.1 Å². The largest absolute Gasteiger partial charge is 0.355 e. The highest BCUT2D eigenvalue weighted by Crippen LogP contribution is 2.20. The Morgan fingerprint density at radius 3 is 2.34 bits per heavy atom. The molecular weight excluding hydrogens is 362 g/mol. The van der Waals surface area contributed by atoms with Crippen LogP contribution in [0.25, 0.3) is 10.8 Å². The molecule has 0 saturated heterocycles. The van der Waals surface area contributed by atoms with Gasteiger partial charge in [-0.25, -0.2) is 0 Å². The molecule has 2 amide bonds. The summed E-state index contributed by atoms with van der Waals surface area (Å²) in [4.78, 5) is 26.0. The zero-order valence-corrected chi connectivity index (χ0v) is 17.1. The molecule has 0 aliphatic carbocycles. The highest BCUT2D eigenvalue weighted by Gasteiger charge is 2.13. The fourth-order valence-corrected chi connectivity index (χ4v) is 3.37. The van der Waals surface area contributed by atoms with Crippen molar-refractivity contribution in [3.8, 4) is 0 Å². The molecular formula is C24H27N3O2. The molecule has 0 bridgehead atoms. The minimum Gasteiger partial charge on any atom is -0.355 e. The van der Waals surface area contributed by atoms with Crippen molar-refractivity contribution in [3.63, 3.8) is 0 Å².